The van der Waals surface area contributed by atoms with Gasteiger partial charge in [-0.1, -0.05) is 42.8 Å². The molecule has 2 rings (SSSR count). The normalized spacial score (nSPS) is 12.4. The Morgan fingerprint density at radius 2 is 1.86 bits per heavy atom. The van der Waals surface area contributed by atoms with E-state index in [2.05, 4.69) is 61.6 Å². The summed E-state index contributed by atoms with van der Waals surface area (Å²) < 4.78 is 0. The van der Waals surface area contributed by atoms with E-state index >= 15 is 0 Å². The van der Waals surface area contributed by atoms with Crippen molar-refractivity contribution in [2.75, 3.05) is 19.4 Å². The minimum absolute atomic E-state index is 0.276. The van der Waals surface area contributed by atoms with Crippen molar-refractivity contribution >= 4 is 17.3 Å². The molecule has 0 amide bonds. The molecule has 112 valence electrons. The van der Waals surface area contributed by atoms with Gasteiger partial charge in [0.2, 0.25) is 0 Å². The molecule has 0 aromatic heterocycles. The van der Waals surface area contributed by atoms with E-state index in [1.54, 1.807) is 0 Å². The van der Waals surface area contributed by atoms with Crippen LogP contribution in [0.1, 0.15) is 30.5 Å². The van der Waals surface area contributed by atoms with Gasteiger partial charge in [0.25, 0.3) is 0 Å². The minimum Gasteiger partial charge on any atom is -0.378 e. The largest absolute Gasteiger partial charge is 0.378 e. The first kappa shape index (κ1) is 15.9. The van der Waals surface area contributed by atoms with Gasteiger partial charge in [-0.25, -0.2) is 0 Å². The molecule has 0 radical (unpaired) electrons. The molecule has 2 aromatic carbocycles. The van der Waals surface area contributed by atoms with Crippen molar-refractivity contribution in [2.45, 2.75) is 25.9 Å². The zero-order valence-electron chi connectivity index (χ0n) is 12.9. The van der Waals surface area contributed by atoms with Crippen molar-refractivity contribution in [3.63, 3.8) is 0 Å². The molecule has 1 atom stereocenters. The molecular formula is C18H23ClN2. The number of halogens is 1. The lowest BCUT2D eigenvalue weighted by Crippen LogP contribution is -2.12. The fraction of sp³-hybridized carbons (Fsp3) is 0.333. The molecule has 1 N–H and O–H groups in total. The summed E-state index contributed by atoms with van der Waals surface area (Å²) in [6.45, 7) is 3.13. The van der Waals surface area contributed by atoms with E-state index in [1.165, 1.54) is 11.1 Å². The Balaban J connectivity index is 2.15. The molecule has 2 aromatic rings. The van der Waals surface area contributed by atoms with Gasteiger partial charge in [0.15, 0.2) is 0 Å². The molecule has 0 spiro atoms. The predicted octanol–water partition coefficient (Wildman–Crippen LogP) is 4.96. The van der Waals surface area contributed by atoms with Gasteiger partial charge >= 0.3 is 0 Å². The summed E-state index contributed by atoms with van der Waals surface area (Å²) in [4.78, 5) is 2.17. The number of nitrogens with zero attached hydrogens (tertiary/aromatic N) is 1. The van der Waals surface area contributed by atoms with Crippen LogP contribution in [0, 0.1) is 0 Å². The molecular weight excluding hydrogens is 280 g/mol. The Morgan fingerprint density at radius 1 is 1.10 bits per heavy atom. The third-order valence-corrected chi connectivity index (χ3v) is 3.66. The summed E-state index contributed by atoms with van der Waals surface area (Å²) >= 11 is 6.10. The molecule has 0 aliphatic carbocycles. The zero-order chi connectivity index (χ0) is 15.2. The second-order valence-corrected chi connectivity index (χ2v) is 6.03. The van der Waals surface area contributed by atoms with Crippen LogP contribution in [0.25, 0.3) is 0 Å². The molecule has 3 heteroatoms. The van der Waals surface area contributed by atoms with Crippen molar-refractivity contribution in [3.8, 4) is 0 Å². The Morgan fingerprint density at radius 3 is 2.52 bits per heavy atom. The van der Waals surface area contributed by atoms with Crippen LogP contribution in [0.3, 0.4) is 0 Å². The number of hydrogen-bond acceptors (Lipinski definition) is 2. The smallest absolute Gasteiger partial charge is 0.0511 e. The quantitative estimate of drug-likeness (QED) is 0.811. The average Bonchev–Trinajstić information content (AvgIpc) is 2.44. The third kappa shape index (κ3) is 4.76. The summed E-state index contributed by atoms with van der Waals surface area (Å²) in [5, 5.41) is 4.39. The maximum Gasteiger partial charge on any atom is 0.0511 e. The number of rotatable bonds is 6. The first-order valence-electron chi connectivity index (χ1n) is 7.34. The molecule has 2 nitrogen and oxygen atoms in total. The highest BCUT2D eigenvalue weighted by Crippen LogP contribution is 2.25. The molecule has 21 heavy (non-hydrogen) atoms. The topological polar surface area (TPSA) is 15.3 Å². The van der Waals surface area contributed by atoms with Crippen LogP contribution in [0.2, 0.25) is 5.02 Å². The van der Waals surface area contributed by atoms with E-state index in [1.807, 2.05) is 18.2 Å². The number of anilines is 1. The van der Waals surface area contributed by atoms with E-state index in [0.29, 0.717) is 0 Å². The van der Waals surface area contributed by atoms with E-state index in [9.17, 15) is 0 Å². The van der Waals surface area contributed by atoms with Gasteiger partial charge in [0, 0.05) is 17.3 Å². The van der Waals surface area contributed by atoms with Crippen molar-refractivity contribution in [1.29, 1.82) is 0 Å². The van der Waals surface area contributed by atoms with Crippen LogP contribution in [0.4, 0.5) is 5.69 Å². The van der Waals surface area contributed by atoms with E-state index in [4.69, 9.17) is 11.6 Å². The highest BCUT2D eigenvalue weighted by molar-refractivity contribution is 6.30. The SMILES string of the molecule is CCC(Nc1cccc(CN(C)C)c1)c1cccc(Cl)c1. The fourth-order valence-corrected chi connectivity index (χ4v) is 2.67. The monoisotopic (exact) mass is 302 g/mol. The number of benzene rings is 2. The first-order valence-corrected chi connectivity index (χ1v) is 7.72. The first-order chi connectivity index (χ1) is 10.1. The van der Waals surface area contributed by atoms with Gasteiger partial charge in [-0.05, 0) is 55.9 Å². The lowest BCUT2D eigenvalue weighted by Gasteiger charge is -2.20. The highest BCUT2D eigenvalue weighted by atomic mass is 35.5. The molecule has 0 aliphatic heterocycles. The standard InChI is InChI=1S/C18H23ClN2/c1-4-18(15-8-6-9-16(19)12-15)20-17-10-5-7-14(11-17)13-21(2)3/h5-12,18,20H,4,13H2,1-3H3. The number of hydrogen-bond donors (Lipinski definition) is 1. The van der Waals surface area contributed by atoms with Crippen LogP contribution in [-0.4, -0.2) is 19.0 Å². The predicted molar refractivity (Wildman–Crippen MR) is 91.9 cm³/mol. The molecule has 0 heterocycles. The zero-order valence-corrected chi connectivity index (χ0v) is 13.7. The Bertz CT molecular complexity index is 581. The van der Waals surface area contributed by atoms with Crippen molar-refractivity contribution in [2.24, 2.45) is 0 Å². The maximum atomic E-state index is 6.10. The van der Waals surface area contributed by atoms with Crippen molar-refractivity contribution in [3.05, 3.63) is 64.7 Å². The third-order valence-electron chi connectivity index (χ3n) is 3.43. The van der Waals surface area contributed by atoms with Gasteiger partial charge < -0.3 is 10.2 Å². The Labute approximate surface area is 132 Å². The summed E-state index contributed by atoms with van der Waals surface area (Å²) in [6.07, 6.45) is 1.01. The molecule has 0 bridgehead atoms. The molecule has 1 unspecified atom stereocenters. The summed E-state index contributed by atoms with van der Waals surface area (Å²) in [6, 6.07) is 16.9. The van der Waals surface area contributed by atoms with Gasteiger partial charge in [-0.2, -0.15) is 0 Å². The van der Waals surface area contributed by atoms with Crippen molar-refractivity contribution < 1.29 is 0 Å². The second kappa shape index (κ2) is 7.48. The van der Waals surface area contributed by atoms with Crippen LogP contribution >= 0.6 is 11.6 Å². The summed E-state index contributed by atoms with van der Waals surface area (Å²) in [5.41, 5.74) is 3.69. The van der Waals surface area contributed by atoms with Gasteiger partial charge in [0.1, 0.15) is 0 Å². The van der Waals surface area contributed by atoms with Crippen molar-refractivity contribution in [1.82, 2.24) is 4.90 Å². The highest BCUT2D eigenvalue weighted by Gasteiger charge is 2.09. The van der Waals surface area contributed by atoms with E-state index < -0.39 is 0 Å². The molecule has 0 saturated carbocycles. The lowest BCUT2D eigenvalue weighted by atomic mass is 10.0. The average molecular weight is 303 g/mol. The Kier molecular flexibility index (Phi) is 5.66. The fourth-order valence-electron chi connectivity index (χ4n) is 2.47. The van der Waals surface area contributed by atoms with Crippen LogP contribution in [-0.2, 0) is 6.54 Å². The van der Waals surface area contributed by atoms with Gasteiger partial charge in [-0.15, -0.1) is 0 Å². The molecule has 0 aliphatic rings. The minimum atomic E-state index is 0.276. The Hall–Kier alpha value is -1.51. The van der Waals surface area contributed by atoms with E-state index in [0.717, 1.165) is 23.7 Å². The summed E-state index contributed by atoms with van der Waals surface area (Å²) in [5.74, 6) is 0. The van der Waals surface area contributed by atoms with Crippen LogP contribution < -0.4 is 5.32 Å². The number of nitrogens with one attached hydrogen (secondary N) is 1. The van der Waals surface area contributed by atoms with Crippen LogP contribution in [0.15, 0.2) is 48.5 Å². The lowest BCUT2D eigenvalue weighted by molar-refractivity contribution is 0.402. The maximum absolute atomic E-state index is 6.10. The van der Waals surface area contributed by atoms with E-state index in [-0.39, 0.29) is 6.04 Å². The second-order valence-electron chi connectivity index (χ2n) is 5.60. The van der Waals surface area contributed by atoms with Gasteiger partial charge in [-0.3, -0.25) is 0 Å². The molecule has 0 saturated heterocycles. The van der Waals surface area contributed by atoms with Gasteiger partial charge in [0.05, 0.1) is 6.04 Å². The summed E-state index contributed by atoms with van der Waals surface area (Å²) in [7, 11) is 4.17. The molecule has 0 fully saturated rings. The van der Waals surface area contributed by atoms with Crippen LogP contribution in [0.5, 0.6) is 0 Å².